The van der Waals surface area contributed by atoms with Crippen molar-refractivity contribution in [3.8, 4) is 11.5 Å². The fraction of sp³-hybridized carbons (Fsp3) is 0.267. The third kappa shape index (κ3) is 4.69. The van der Waals surface area contributed by atoms with Gasteiger partial charge in [0, 0.05) is 6.54 Å². The number of amides is 1. The van der Waals surface area contributed by atoms with Crippen LogP contribution in [0.3, 0.4) is 0 Å². The molecule has 0 spiro atoms. The summed E-state index contributed by atoms with van der Waals surface area (Å²) in [4.78, 5) is 28.9. The Morgan fingerprint density at radius 1 is 1.00 bits per heavy atom. The predicted molar refractivity (Wildman–Crippen MR) is 139 cm³/mol. The molecule has 0 saturated heterocycles. The Labute approximate surface area is 214 Å². The Bertz CT molecular complexity index is 1510. The van der Waals surface area contributed by atoms with Gasteiger partial charge in [0.1, 0.15) is 11.4 Å². The van der Waals surface area contributed by atoms with Crippen LogP contribution in [0.1, 0.15) is 53.6 Å². The Kier molecular flexibility index (Phi) is 6.70. The van der Waals surface area contributed by atoms with E-state index in [0.29, 0.717) is 40.6 Å². The van der Waals surface area contributed by atoms with Gasteiger partial charge in [-0.15, -0.1) is 0 Å². The summed E-state index contributed by atoms with van der Waals surface area (Å²) in [5.74, 6) is 0.856. The van der Waals surface area contributed by atoms with E-state index in [-0.39, 0.29) is 29.1 Å². The van der Waals surface area contributed by atoms with Crippen molar-refractivity contribution in [2.75, 3.05) is 13.7 Å². The van der Waals surface area contributed by atoms with Gasteiger partial charge < -0.3 is 18.8 Å². The molecule has 2 heterocycles. The number of nitrogens with zero attached hydrogens (tertiary/aromatic N) is 1. The SMILES string of the molecule is COc1cc(C2c3c(oc4ccccc4c3=O)C(=O)N2Cc2ccc(F)cc2)ccc1OCCC(C)C. The van der Waals surface area contributed by atoms with E-state index < -0.39 is 11.9 Å². The Balaban J connectivity index is 1.62. The highest BCUT2D eigenvalue weighted by Gasteiger charge is 2.43. The summed E-state index contributed by atoms with van der Waals surface area (Å²) < 4.78 is 31.1. The highest BCUT2D eigenvalue weighted by atomic mass is 19.1. The molecule has 7 heteroatoms. The second-order valence-electron chi connectivity index (χ2n) is 9.57. The molecule has 6 nitrogen and oxygen atoms in total. The largest absolute Gasteiger partial charge is 0.493 e. The van der Waals surface area contributed by atoms with Gasteiger partial charge in [-0.1, -0.05) is 44.2 Å². The number of para-hydroxylation sites is 1. The highest BCUT2D eigenvalue weighted by molar-refractivity contribution is 5.99. The van der Waals surface area contributed by atoms with Crippen molar-refractivity contribution in [2.24, 2.45) is 5.92 Å². The van der Waals surface area contributed by atoms with Crippen molar-refractivity contribution in [1.82, 2.24) is 4.90 Å². The van der Waals surface area contributed by atoms with Crippen LogP contribution in [0.4, 0.5) is 4.39 Å². The number of hydrogen-bond donors (Lipinski definition) is 0. The number of carbonyl (C=O) groups is 1. The molecule has 4 aromatic rings. The van der Waals surface area contributed by atoms with E-state index in [9.17, 15) is 14.0 Å². The quantitative estimate of drug-likeness (QED) is 0.291. The molecule has 1 aromatic heterocycles. The first-order valence-electron chi connectivity index (χ1n) is 12.3. The minimum Gasteiger partial charge on any atom is -0.493 e. The first-order chi connectivity index (χ1) is 17.9. The summed E-state index contributed by atoms with van der Waals surface area (Å²) in [6.07, 6.45) is 0.898. The molecule has 5 rings (SSSR count). The number of benzene rings is 3. The molecule has 1 aliphatic rings. The van der Waals surface area contributed by atoms with Crippen molar-refractivity contribution in [1.29, 1.82) is 0 Å². The van der Waals surface area contributed by atoms with E-state index in [1.807, 2.05) is 6.07 Å². The maximum Gasteiger partial charge on any atom is 0.291 e. The summed E-state index contributed by atoms with van der Waals surface area (Å²) >= 11 is 0. The van der Waals surface area contributed by atoms with Gasteiger partial charge in [0.05, 0.1) is 30.7 Å². The van der Waals surface area contributed by atoms with Crippen molar-refractivity contribution >= 4 is 16.9 Å². The topological polar surface area (TPSA) is 69.0 Å². The first-order valence-corrected chi connectivity index (χ1v) is 12.3. The zero-order chi connectivity index (χ0) is 26.1. The van der Waals surface area contributed by atoms with Crippen molar-refractivity contribution in [3.63, 3.8) is 0 Å². The molecule has 0 bridgehead atoms. The molecule has 190 valence electrons. The standard InChI is InChI=1S/C30H28FNO5/c1-18(2)14-15-36-24-13-10-20(16-25(24)35-3)27-26-28(33)22-6-4-5-7-23(22)37-29(26)30(34)32(27)17-19-8-11-21(31)12-9-19/h4-13,16,18,27H,14-15,17H2,1-3H3. The lowest BCUT2D eigenvalue weighted by Crippen LogP contribution is -2.29. The molecule has 0 aliphatic carbocycles. The van der Waals surface area contributed by atoms with Crippen LogP contribution in [0, 0.1) is 11.7 Å². The van der Waals surface area contributed by atoms with Gasteiger partial charge in [-0.3, -0.25) is 9.59 Å². The van der Waals surface area contributed by atoms with Gasteiger partial charge in [-0.2, -0.15) is 0 Å². The first kappa shape index (κ1) is 24.6. The number of ether oxygens (including phenoxy) is 2. The van der Waals surface area contributed by atoms with Gasteiger partial charge >= 0.3 is 0 Å². The van der Waals surface area contributed by atoms with Crippen molar-refractivity contribution < 1.29 is 23.1 Å². The average Bonchev–Trinajstić information content (AvgIpc) is 3.17. The number of fused-ring (bicyclic) bond motifs is 2. The Hall–Kier alpha value is -4.13. The summed E-state index contributed by atoms with van der Waals surface area (Å²) in [6, 6.07) is 17.6. The fourth-order valence-corrected chi connectivity index (χ4v) is 4.64. The molecular weight excluding hydrogens is 473 g/mol. The van der Waals surface area contributed by atoms with Gasteiger partial charge in [-0.25, -0.2) is 4.39 Å². The maximum atomic E-state index is 13.7. The number of carbonyl (C=O) groups excluding carboxylic acids is 1. The van der Waals surface area contributed by atoms with E-state index >= 15 is 0 Å². The van der Waals surface area contributed by atoms with Gasteiger partial charge in [0.25, 0.3) is 5.91 Å². The van der Waals surface area contributed by atoms with E-state index in [1.165, 1.54) is 12.1 Å². The number of rotatable bonds is 8. The van der Waals surface area contributed by atoms with Gasteiger partial charge in [-0.05, 0) is 59.9 Å². The second kappa shape index (κ2) is 10.1. The van der Waals surface area contributed by atoms with E-state index in [1.54, 1.807) is 60.5 Å². The molecule has 1 amide bonds. The molecule has 1 atom stereocenters. The summed E-state index contributed by atoms with van der Waals surface area (Å²) in [5, 5.41) is 0.406. The number of methoxy groups -OCH3 is 1. The summed E-state index contributed by atoms with van der Waals surface area (Å²) in [5.41, 5.74) is 1.79. The van der Waals surface area contributed by atoms with Crippen LogP contribution in [0.15, 0.2) is 75.9 Å². The lowest BCUT2D eigenvalue weighted by molar-refractivity contribution is 0.0714. The monoisotopic (exact) mass is 501 g/mol. The lowest BCUT2D eigenvalue weighted by atomic mass is 9.97. The second-order valence-corrected chi connectivity index (χ2v) is 9.57. The lowest BCUT2D eigenvalue weighted by Gasteiger charge is -2.26. The molecule has 0 saturated carbocycles. The van der Waals surface area contributed by atoms with Crippen LogP contribution < -0.4 is 14.9 Å². The van der Waals surface area contributed by atoms with Crippen LogP contribution >= 0.6 is 0 Å². The minimum atomic E-state index is -0.716. The molecule has 0 N–H and O–H groups in total. The zero-order valence-corrected chi connectivity index (χ0v) is 21.0. The number of hydrogen-bond acceptors (Lipinski definition) is 5. The summed E-state index contributed by atoms with van der Waals surface area (Å²) in [6.45, 7) is 4.97. The Morgan fingerprint density at radius 3 is 2.49 bits per heavy atom. The third-order valence-corrected chi connectivity index (χ3v) is 6.60. The van der Waals surface area contributed by atoms with Crippen LogP contribution in [0.2, 0.25) is 0 Å². The molecule has 1 aliphatic heterocycles. The van der Waals surface area contributed by atoms with Gasteiger partial charge in [0.15, 0.2) is 16.9 Å². The van der Waals surface area contributed by atoms with Crippen LogP contribution in [0.5, 0.6) is 11.5 Å². The van der Waals surface area contributed by atoms with Crippen LogP contribution in [-0.4, -0.2) is 24.5 Å². The van der Waals surface area contributed by atoms with Gasteiger partial charge in [0.2, 0.25) is 5.76 Å². The molecule has 0 radical (unpaired) electrons. The number of halogens is 1. The van der Waals surface area contributed by atoms with Crippen LogP contribution in [0.25, 0.3) is 11.0 Å². The van der Waals surface area contributed by atoms with Crippen molar-refractivity contribution in [3.05, 3.63) is 105 Å². The zero-order valence-electron chi connectivity index (χ0n) is 21.0. The molecule has 3 aromatic carbocycles. The molecule has 37 heavy (non-hydrogen) atoms. The van der Waals surface area contributed by atoms with E-state index in [0.717, 1.165) is 12.0 Å². The normalized spacial score (nSPS) is 14.9. The molecule has 1 unspecified atom stereocenters. The minimum absolute atomic E-state index is 0.0204. The highest BCUT2D eigenvalue weighted by Crippen LogP contribution is 2.41. The van der Waals surface area contributed by atoms with E-state index in [2.05, 4.69) is 13.8 Å². The average molecular weight is 502 g/mol. The van der Waals surface area contributed by atoms with Crippen molar-refractivity contribution in [2.45, 2.75) is 32.9 Å². The maximum absolute atomic E-state index is 13.7. The van der Waals surface area contributed by atoms with Crippen LogP contribution in [-0.2, 0) is 6.54 Å². The molecule has 0 fully saturated rings. The summed E-state index contributed by atoms with van der Waals surface area (Å²) in [7, 11) is 1.56. The molecular formula is C30H28FNO5. The third-order valence-electron chi connectivity index (χ3n) is 6.60. The smallest absolute Gasteiger partial charge is 0.291 e. The predicted octanol–water partition coefficient (Wildman–Crippen LogP) is 6.11. The fourth-order valence-electron chi connectivity index (χ4n) is 4.64. The Morgan fingerprint density at radius 2 is 1.76 bits per heavy atom. The van der Waals surface area contributed by atoms with E-state index in [4.69, 9.17) is 13.9 Å².